The van der Waals surface area contributed by atoms with E-state index in [2.05, 4.69) is 11.3 Å². The molecule has 0 saturated carbocycles. The minimum absolute atomic E-state index is 0.105. The quantitative estimate of drug-likeness (QED) is 0.746. The third-order valence-corrected chi connectivity index (χ3v) is 5.85. The van der Waals surface area contributed by atoms with Crippen molar-refractivity contribution in [3.63, 3.8) is 0 Å². The second-order valence-corrected chi connectivity index (χ2v) is 8.60. The average molecular weight is 385 g/mol. The van der Waals surface area contributed by atoms with Crippen molar-refractivity contribution in [2.75, 3.05) is 13.6 Å². The molecule has 0 fully saturated rings. The lowest BCUT2D eigenvalue weighted by atomic mass is 10.2. The van der Waals surface area contributed by atoms with Crippen LogP contribution in [0.5, 0.6) is 0 Å². The number of rotatable bonds is 7. The minimum Gasteiger partial charge on any atom is -0.337 e. The van der Waals surface area contributed by atoms with Crippen molar-refractivity contribution in [1.29, 1.82) is 0 Å². The molecule has 0 aliphatic heterocycles. The predicted molar refractivity (Wildman–Crippen MR) is 97.0 cm³/mol. The van der Waals surface area contributed by atoms with E-state index in [1.54, 1.807) is 18.0 Å². The van der Waals surface area contributed by atoms with Crippen molar-refractivity contribution in [1.82, 2.24) is 9.62 Å². The summed E-state index contributed by atoms with van der Waals surface area (Å²) in [5.74, 6) is -0.192. The zero-order valence-electron chi connectivity index (χ0n) is 13.0. The molecule has 0 spiro atoms. The molecule has 1 N–H and O–H groups in total. The first-order valence-corrected chi connectivity index (χ1v) is 9.71. The molecule has 128 valence electrons. The highest BCUT2D eigenvalue weighted by molar-refractivity contribution is 7.89. The number of carbonyl (C=O) groups is 1. The van der Waals surface area contributed by atoms with Gasteiger partial charge in [-0.25, -0.2) is 13.1 Å². The topological polar surface area (TPSA) is 66.5 Å². The average Bonchev–Trinajstić information content (AvgIpc) is 2.97. The molecule has 1 aromatic carbocycles. The largest absolute Gasteiger partial charge is 0.337 e. The van der Waals surface area contributed by atoms with Crippen molar-refractivity contribution in [2.24, 2.45) is 0 Å². The van der Waals surface area contributed by atoms with E-state index >= 15 is 0 Å². The number of thiophene rings is 1. The predicted octanol–water partition coefficient (Wildman–Crippen LogP) is 3.14. The number of hydrogen-bond donors (Lipinski definition) is 1. The Bertz CT molecular complexity index is 829. The lowest BCUT2D eigenvalue weighted by Crippen LogP contribution is -2.26. The van der Waals surface area contributed by atoms with Crippen LogP contribution in [0.4, 0.5) is 0 Å². The summed E-state index contributed by atoms with van der Waals surface area (Å²) in [6.07, 6.45) is 1.46. The molecule has 1 heterocycles. The molecule has 1 amide bonds. The molecule has 24 heavy (non-hydrogen) atoms. The van der Waals surface area contributed by atoms with E-state index in [4.69, 9.17) is 11.6 Å². The highest BCUT2D eigenvalue weighted by atomic mass is 35.5. The summed E-state index contributed by atoms with van der Waals surface area (Å²) in [4.78, 5) is 15.0. The fraction of sp³-hybridized carbons (Fsp3) is 0.188. The van der Waals surface area contributed by atoms with E-state index in [1.807, 2.05) is 6.07 Å². The number of hydrogen-bond acceptors (Lipinski definition) is 4. The van der Waals surface area contributed by atoms with Gasteiger partial charge >= 0.3 is 0 Å². The first-order valence-electron chi connectivity index (χ1n) is 7.04. The summed E-state index contributed by atoms with van der Waals surface area (Å²) in [6.45, 7) is 4.06. The molecule has 5 nitrogen and oxygen atoms in total. The van der Waals surface area contributed by atoms with Crippen LogP contribution in [-0.2, 0) is 16.6 Å². The maximum Gasteiger partial charge on any atom is 0.253 e. The molecule has 0 aliphatic rings. The number of nitrogens with zero attached hydrogens (tertiary/aromatic N) is 1. The maximum absolute atomic E-state index is 12.4. The van der Waals surface area contributed by atoms with E-state index in [1.165, 1.54) is 41.7 Å². The van der Waals surface area contributed by atoms with Gasteiger partial charge in [0.2, 0.25) is 10.0 Å². The van der Waals surface area contributed by atoms with Gasteiger partial charge in [-0.2, -0.15) is 0 Å². The van der Waals surface area contributed by atoms with Gasteiger partial charge in [0.1, 0.15) is 0 Å². The van der Waals surface area contributed by atoms with Gasteiger partial charge in [-0.3, -0.25) is 4.79 Å². The first kappa shape index (κ1) is 18.7. The molecule has 0 saturated heterocycles. The SMILES string of the molecule is C=CCNS(=O)(=O)c1ccc(C(=O)N(C)Cc2ccc(Cl)s2)cc1. The van der Waals surface area contributed by atoms with Gasteiger partial charge < -0.3 is 4.90 Å². The van der Waals surface area contributed by atoms with Gasteiger partial charge in [-0.1, -0.05) is 17.7 Å². The molecule has 0 aliphatic carbocycles. The van der Waals surface area contributed by atoms with Crippen LogP contribution in [0.1, 0.15) is 15.2 Å². The third kappa shape index (κ3) is 4.67. The van der Waals surface area contributed by atoms with E-state index in [0.29, 0.717) is 16.4 Å². The van der Waals surface area contributed by atoms with Gasteiger partial charge in [-0.05, 0) is 36.4 Å². The summed E-state index contributed by atoms with van der Waals surface area (Å²) < 4.78 is 27.0. The fourth-order valence-corrected chi connectivity index (χ4v) is 4.13. The lowest BCUT2D eigenvalue weighted by molar-refractivity contribution is 0.0786. The molecule has 2 rings (SSSR count). The summed E-state index contributed by atoms with van der Waals surface area (Å²) in [6, 6.07) is 9.49. The van der Waals surface area contributed by atoms with E-state index in [-0.39, 0.29) is 17.3 Å². The van der Waals surface area contributed by atoms with Gasteiger partial charge in [0.15, 0.2) is 0 Å². The Labute approximate surface area is 150 Å². The first-order chi connectivity index (χ1) is 11.3. The van der Waals surface area contributed by atoms with E-state index in [0.717, 1.165) is 4.88 Å². The van der Waals surface area contributed by atoms with Crippen LogP contribution < -0.4 is 4.72 Å². The minimum atomic E-state index is -3.59. The van der Waals surface area contributed by atoms with Crippen molar-refractivity contribution in [3.05, 3.63) is 63.8 Å². The third-order valence-electron chi connectivity index (χ3n) is 3.20. The Morgan fingerprint density at radius 1 is 1.29 bits per heavy atom. The Hall–Kier alpha value is -1.67. The molecule has 0 atom stereocenters. The second-order valence-electron chi connectivity index (χ2n) is 5.03. The molecular formula is C16H17ClN2O3S2. The molecule has 0 unspecified atom stereocenters. The maximum atomic E-state index is 12.4. The molecule has 0 radical (unpaired) electrons. The highest BCUT2D eigenvalue weighted by Gasteiger charge is 2.16. The van der Waals surface area contributed by atoms with Gasteiger partial charge in [0.25, 0.3) is 5.91 Å². The molecule has 8 heteroatoms. The van der Waals surface area contributed by atoms with Crippen LogP contribution in [0.3, 0.4) is 0 Å². The Morgan fingerprint density at radius 2 is 1.96 bits per heavy atom. The zero-order valence-corrected chi connectivity index (χ0v) is 15.4. The number of halogens is 1. The molecule has 1 aromatic heterocycles. The number of benzene rings is 1. The van der Waals surface area contributed by atoms with Crippen LogP contribution >= 0.6 is 22.9 Å². The smallest absolute Gasteiger partial charge is 0.253 e. The second kappa shape index (κ2) is 7.94. The lowest BCUT2D eigenvalue weighted by Gasteiger charge is -2.16. The van der Waals surface area contributed by atoms with Gasteiger partial charge in [0.05, 0.1) is 15.8 Å². The monoisotopic (exact) mass is 384 g/mol. The van der Waals surface area contributed by atoms with Crippen LogP contribution in [0.2, 0.25) is 4.34 Å². The summed E-state index contributed by atoms with van der Waals surface area (Å²) in [5.41, 5.74) is 0.419. The number of amides is 1. The van der Waals surface area contributed by atoms with E-state index < -0.39 is 10.0 Å². The zero-order chi connectivity index (χ0) is 17.7. The molecule has 0 bridgehead atoms. The Balaban J connectivity index is 2.09. The Morgan fingerprint density at radius 3 is 2.50 bits per heavy atom. The van der Waals surface area contributed by atoms with E-state index in [9.17, 15) is 13.2 Å². The summed E-state index contributed by atoms with van der Waals surface area (Å²) in [7, 11) is -1.90. The number of carbonyl (C=O) groups excluding carboxylic acids is 1. The fourth-order valence-electron chi connectivity index (χ4n) is 1.99. The van der Waals surface area contributed by atoms with Crippen LogP contribution in [0.15, 0.2) is 53.9 Å². The number of sulfonamides is 1. The highest BCUT2D eigenvalue weighted by Crippen LogP contribution is 2.23. The summed E-state index contributed by atoms with van der Waals surface area (Å²) in [5, 5.41) is 0. The van der Waals surface area contributed by atoms with Gasteiger partial charge in [-0.15, -0.1) is 17.9 Å². The van der Waals surface area contributed by atoms with Crippen LogP contribution in [0, 0.1) is 0 Å². The van der Waals surface area contributed by atoms with Crippen molar-refractivity contribution < 1.29 is 13.2 Å². The Kier molecular flexibility index (Phi) is 6.17. The van der Waals surface area contributed by atoms with Crippen LogP contribution in [0.25, 0.3) is 0 Å². The standard InChI is InChI=1S/C16H17ClN2O3S2/c1-3-10-18-24(21,22)14-7-4-12(5-8-14)16(20)19(2)11-13-6-9-15(17)23-13/h3-9,18H,1,10-11H2,2H3. The van der Waals surface area contributed by atoms with Crippen molar-refractivity contribution in [3.8, 4) is 0 Å². The normalized spacial score (nSPS) is 11.2. The van der Waals surface area contributed by atoms with Crippen LogP contribution in [-0.4, -0.2) is 32.8 Å². The molecular weight excluding hydrogens is 368 g/mol. The van der Waals surface area contributed by atoms with Crippen molar-refractivity contribution >= 4 is 38.9 Å². The number of nitrogens with one attached hydrogen (secondary N) is 1. The molecule has 2 aromatic rings. The summed E-state index contributed by atoms with van der Waals surface area (Å²) >= 11 is 7.30. The van der Waals surface area contributed by atoms with Gasteiger partial charge in [0, 0.05) is 24.0 Å². The van der Waals surface area contributed by atoms with Crippen molar-refractivity contribution in [2.45, 2.75) is 11.4 Å².